The van der Waals surface area contributed by atoms with Gasteiger partial charge in [-0.15, -0.1) is 0 Å². The van der Waals surface area contributed by atoms with Crippen LogP contribution in [0, 0.1) is 0 Å². The number of carboxylic acid groups (broad SMARTS) is 1. The molecule has 0 spiro atoms. The highest BCUT2D eigenvalue weighted by atomic mass is 16.4. The van der Waals surface area contributed by atoms with Crippen molar-refractivity contribution >= 4 is 23.3 Å². The van der Waals surface area contributed by atoms with Crippen LogP contribution >= 0.6 is 0 Å². The van der Waals surface area contributed by atoms with Gasteiger partial charge in [-0.25, -0.2) is 4.79 Å². The molecular weight excluding hydrogens is 222 g/mol. The molecule has 0 fully saturated rings. The van der Waals surface area contributed by atoms with Crippen LogP contribution in [0.25, 0.3) is 0 Å². The smallest absolute Gasteiger partial charge is 0.326 e. The van der Waals surface area contributed by atoms with E-state index < -0.39 is 23.7 Å². The first-order chi connectivity index (χ1) is 8.07. The molecule has 0 aliphatic carbocycles. The second-order valence-electron chi connectivity index (χ2n) is 3.78. The quantitative estimate of drug-likeness (QED) is 0.792. The third kappa shape index (κ3) is 1.60. The van der Waals surface area contributed by atoms with Crippen LogP contribution in [-0.4, -0.2) is 28.8 Å². The minimum atomic E-state index is -1.11. The molecule has 0 aromatic heterocycles. The Balaban J connectivity index is 2.52. The van der Waals surface area contributed by atoms with E-state index in [1.54, 1.807) is 25.1 Å². The summed E-state index contributed by atoms with van der Waals surface area (Å²) in [5.74, 6) is -2.51. The van der Waals surface area contributed by atoms with Crippen molar-refractivity contribution in [2.24, 2.45) is 0 Å². The van der Waals surface area contributed by atoms with Crippen LogP contribution in [0.3, 0.4) is 0 Å². The number of anilines is 1. The molecule has 1 N–H and O–H groups in total. The number of carbonyl (C=O) groups excluding carboxylic acids is 2. The molecule has 1 aliphatic rings. The Morgan fingerprint density at radius 2 is 2.00 bits per heavy atom. The van der Waals surface area contributed by atoms with E-state index in [-0.39, 0.29) is 12.0 Å². The molecule has 0 radical (unpaired) electrons. The van der Waals surface area contributed by atoms with E-state index in [1.165, 1.54) is 6.07 Å². The molecule has 0 saturated heterocycles. The van der Waals surface area contributed by atoms with Crippen molar-refractivity contribution in [1.29, 1.82) is 0 Å². The van der Waals surface area contributed by atoms with Crippen LogP contribution in [0.2, 0.25) is 0 Å². The number of benzene rings is 1. The zero-order valence-corrected chi connectivity index (χ0v) is 9.21. The second-order valence-corrected chi connectivity index (χ2v) is 3.78. The highest BCUT2D eigenvalue weighted by Crippen LogP contribution is 2.31. The largest absolute Gasteiger partial charge is 0.480 e. The first kappa shape index (κ1) is 11.3. The van der Waals surface area contributed by atoms with E-state index >= 15 is 0 Å². The highest BCUT2D eigenvalue weighted by molar-refractivity contribution is 6.52. The third-order valence-electron chi connectivity index (χ3n) is 2.80. The highest BCUT2D eigenvalue weighted by Gasteiger charge is 2.41. The topological polar surface area (TPSA) is 74.7 Å². The van der Waals surface area contributed by atoms with Gasteiger partial charge in [0, 0.05) is 0 Å². The van der Waals surface area contributed by atoms with E-state index in [0.717, 1.165) is 4.90 Å². The van der Waals surface area contributed by atoms with Crippen molar-refractivity contribution in [3.8, 4) is 0 Å². The first-order valence-corrected chi connectivity index (χ1v) is 5.27. The molecule has 17 heavy (non-hydrogen) atoms. The van der Waals surface area contributed by atoms with Crippen molar-refractivity contribution in [2.75, 3.05) is 4.90 Å². The number of para-hydroxylation sites is 1. The Morgan fingerprint density at radius 3 is 2.59 bits per heavy atom. The summed E-state index contributed by atoms with van der Waals surface area (Å²) in [6.07, 6.45) is 0.253. The maximum atomic E-state index is 11.8. The number of carbonyl (C=O) groups is 3. The van der Waals surface area contributed by atoms with Crippen molar-refractivity contribution < 1.29 is 19.5 Å². The standard InChI is InChI=1S/C12H11NO4/c1-2-8(12(16)17)13-9-6-4-3-5-7(9)10(14)11(13)15/h3-6,8H,2H2,1H3,(H,16,17). The fraction of sp³-hybridized carbons (Fsp3) is 0.250. The zero-order chi connectivity index (χ0) is 12.6. The monoisotopic (exact) mass is 233 g/mol. The average molecular weight is 233 g/mol. The van der Waals surface area contributed by atoms with E-state index in [9.17, 15) is 14.4 Å². The molecule has 1 atom stereocenters. The van der Waals surface area contributed by atoms with Gasteiger partial charge in [0.1, 0.15) is 6.04 Å². The Labute approximate surface area is 97.7 Å². The molecule has 88 valence electrons. The van der Waals surface area contributed by atoms with Gasteiger partial charge in [-0.2, -0.15) is 0 Å². The summed E-state index contributed by atoms with van der Waals surface area (Å²) < 4.78 is 0. The van der Waals surface area contributed by atoms with Gasteiger partial charge in [0.15, 0.2) is 0 Å². The van der Waals surface area contributed by atoms with Crippen LogP contribution in [0.15, 0.2) is 24.3 Å². The lowest BCUT2D eigenvalue weighted by atomic mass is 10.1. The van der Waals surface area contributed by atoms with Gasteiger partial charge >= 0.3 is 5.97 Å². The van der Waals surface area contributed by atoms with Gasteiger partial charge in [0.25, 0.3) is 11.7 Å². The lowest BCUT2D eigenvalue weighted by Gasteiger charge is -2.23. The fourth-order valence-corrected chi connectivity index (χ4v) is 1.99. The number of nitrogens with zero attached hydrogens (tertiary/aromatic N) is 1. The van der Waals surface area contributed by atoms with E-state index in [4.69, 9.17) is 5.11 Å². The number of carboxylic acids is 1. The van der Waals surface area contributed by atoms with Gasteiger partial charge in [-0.05, 0) is 18.6 Å². The molecule has 1 aromatic rings. The number of hydrogen-bond donors (Lipinski definition) is 1. The van der Waals surface area contributed by atoms with E-state index in [1.807, 2.05) is 0 Å². The second kappa shape index (κ2) is 4.01. The third-order valence-corrected chi connectivity index (χ3v) is 2.80. The molecule has 1 unspecified atom stereocenters. The Kier molecular flexibility index (Phi) is 2.67. The lowest BCUT2D eigenvalue weighted by molar-refractivity contribution is -0.139. The molecular formula is C12H11NO4. The van der Waals surface area contributed by atoms with Crippen LogP contribution in [-0.2, 0) is 9.59 Å². The maximum absolute atomic E-state index is 11.8. The van der Waals surface area contributed by atoms with Crippen molar-refractivity contribution in [2.45, 2.75) is 19.4 Å². The van der Waals surface area contributed by atoms with Gasteiger partial charge in [0.05, 0.1) is 11.3 Å². The Bertz CT molecular complexity index is 509. The van der Waals surface area contributed by atoms with E-state index in [0.29, 0.717) is 5.69 Å². The Hall–Kier alpha value is -2.17. The molecule has 1 amide bonds. The maximum Gasteiger partial charge on any atom is 0.326 e. The molecule has 1 aromatic carbocycles. The number of rotatable bonds is 3. The normalized spacial score (nSPS) is 15.9. The van der Waals surface area contributed by atoms with Gasteiger partial charge in [-0.1, -0.05) is 19.1 Å². The van der Waals surface area contributed by atoms with Crippen LogP contribution in [0.5, 0.6) is 0 Å². The molecule has 2 rings (SSSR count). The number of Topliss-reactive ketones (excluding diaryl/α,β-unsaturated/α-hetero) is 1. The predicted molar refractivity (Wildman–Crippen MR) is 60.0 cm³/mol. The Morgan fingerprint density at radius 1 is 1.35 bits per heavy atom. The molecule has 1 heterocycles. The van der Waals surface area contributed by atoms with Crippen molar-refractivity contribution in [1.82, 2.24) is 0 Å². The predicted octanol–water partition coefficient (Wildman–Crippen LogP) is 1.08. The summed E-state index contributed by atoms with van der Waals surface area (Å²) in [6.45, 7) is 1.66. The number of amides is 1. The van der Waals surface area contributed by atoms with Crippen LogP contribution < -0.4 is 4.90 Å². The molecule has 5 nitrogen and oxygen atoms in total. The minimum Gasteiger partial charge on any atom is -0.480 e. The zero-order valence-electron chi connectivity index (χ0n) is 9.21. The summed E-state index contributed by atoms with van der Waals surface area (Å²) in [5, 5.41) is 9.06. The first-order valence-electron chi connectivity index (χ1n) is 5.27. The number of hydrogen-bond acceptors (Lipinski definition) is 3. The molecule has 0 bridgehead atoms. The van der Waals surface area contributed by atoms with Crippen molar-refractivity contribution in [3.05, 3.63) is 29.8 Å². The van der Waals surface area contributed by atoms with Gasteiger partial charge < -0.3 is 5.11 Å². The van der Waals surface area contributed by atoms with E-state index in [2.05, 4.69) is 0 Å². The number of aliphatic carboxylic acids is 1. The average Bonchev–Trinajstić information content (AvgIpc) is 2.56. The fourth-order valence-electron chi connectivity index (χ4n) is 1.99. The molecule has 1 aliphatic heterocycles. The summed E-state index contributed by atoms with van der Waals surface area (Å²) in [5.41, 5.74) is 0.661. The SMILES string of the molecule is CCC(C(=O)O)N1C(=O)C(=O)c2ccccc21. The minimum absolute atomic E-state index is 0.253. The molecule has 5 heteroatoms. The number of ketones is 1. The lowest BCUT2D eigenvalue weighted by Crippen LogP contribution is -2.44. The summed E-state index contributed by atoms with van der Waals surface area (Å²) in [7, 11) is 0. The van der Waals surface area contributed by atoms with Crippen LogP contribution in [0.4, 0.5) is 5.69 Å². The number of fused-ring (bicyclic) bond motifs is 1. The van der Waals surface area contributed by atoms with Crippen molar-refractivity contribution in [3.63, 3.8) is 0 Å². The molecule has 0 saturated carbocycles. The summed E-state index contributed by atoms with van der Waals surface area (Å²) in [4.78, 5) is 35.6. The van der Waals surface area contributed by atoms with Gasteiger partial charge in [-0.3, -0.25) is 14.5 Å². The summed E-state index contributed by atoms with van der Waals surface area (Å²) in [6, 6.07) is 5.45. The summed E-state index contributed by atoms with van der Waals surface area (Å²) >= 11 is 0. The van der Waals surface area contributed by atoms with Gasteiger partial charge in [0.2, 0.25) is 0 Å². The van der Waals surface area contributed by atoms with Crippen LogP contribution in [0.1, 0.15) is 23.7 Å².